The Kier molecular flexibility index (Phi) is 8.36. The van der Waals surface area contributed by atoms with Crippen molar-refractivity contribution >= 4 is 10.8 Å². The lowest BCUT2D eigenvalue weighted by molar-refractivity contribution is 0.00177. The van der Waals surface area contributed by atoms with Crippen molar-refractivity contribution < 1.29 is 59.1 Å². The van der Waals surface area contributed by atoms with Crippen molar-refractivity contribution in [3.05, 3.63) is 57.4 Å². The number of aliphatic hydroxyl groups excluding tert-OH is 6. The molecule has 12 nitrogen and oxygen atoms in total. The lowest BCUT2D eigenvalue weighted by atomic mass is 9.78. The van der Waals surface area contributed by atoms with Crippen molar-refractivity contribution in [1.29, 1.82) is 0 Å². The van der Waals surface area contributed by atoms with Gasteiger partial charge in [0.25, 0.3) is 0 Å². The van der Waals surface area contributed by atoms with Gasteiger partial charge in [-0.2, -0.15) is 0 Å². The van der Waals surface area contributed by atoms with Crippen molar-refractivity contribution in [2.45, 2.75) is 25.7 Å². The highest BCUT2D eigenvalue weighted by atomic mass is 16.6. The SMILES string of the molecule is OCOC1=C(OCO)Cc2c(c3c(c4cc(OCO)c(OCO)cc24)CC(OCO)=C(OCO)C3)C1. The summed E-state index contributed by atoms with van der Waals surface area (Å²) in [6.45, 7) is -3.57. The van der Waals surface area contributed by atoms with Gasteiger partial charge in [0, 0.05) is 25.7 Å². The zero-order chi connectivity index (χ0) is 25.7. The lowest BCUT2D eigenvalue weighted by Crippen LogP contribution is -2.22. The number of hydrogen-bond donors (Lipinski definition) is 6. The number of ether oxygens (including phenoxy) is 6. The van der Waals surface area contributed by atoms with Crippen molar-refractivity contribution in [3.8, 4) is 11.5 Å². The van der Waals surface area contributed by atoms with Crippen molar-refractivity contribution in [3.63, 3.8) is 0 Å². The van der Waals surface area contributed by atoms with Gasteiger partial charge in [-0.1, -0.05) is 0 Å². The van der Waals surface area contributed by atoms with E-state index in [-0.39, 0.29) is 37.2 Å². The van der Waals surface area contributed by atoms with Crippen LogP contribution in [0.3, 0.4) is 0 Å². The number of aliphatic hydroxyl groups is 6. The van der Waals surface area contributed by atoms with Crippen LogP contribution in [-0.4, -0.2) is 71.4 Å². The standard InChI is InChI=1S/C24H28O12/c25-7-31-19-1-13-14(2-20(19)32-8-26)16-4-23(35-11-29)24(36-12-30)6-18(16)17-5-22(34-10-28)21(33-9-27)3-15(13)17/h1-2,25-30H,3-12H2. The Hall–Kier alpha value is -3.26. The third-order valence-electron chi connectivity index (χ3n) is 6.19. The molecular formula is C24H28O12. The fourth-order valence-corrected chi connectivity index (χ4v) is 4.82. The molecule has 4 rings (SSSR count). The van der Waals surface area contributed by atoms with Crippen molar-refractivity contribution in [1.82, 2.24) is 0 Å². The van der Waals surface area contributed by atoms with Crippen molar-refractivity contribution in [2.75, 3.05) is 40.8 Å². The summed E-state index contributed by atoms with van der Waals surface area (Å²) in [6, 6.07) is 3.36. The Morgan fingerprint density at radius 1 is 0.417 bits per heavy atom. The Bertz CT molecular complexity index is 1080. The van der Waals surface area contributed by atoms with Gasteiger partial charge in [-0.15, -0.1) is 0 Å². The molecular weight excluding hydrogens is 480 g/mol. The fourth-order valence-electron chi connectivity index (χ4n) is 4.82. The molecule has 0 saturated carbocycles. The maximum absolute atomic E-state index is 9.40. The van der Waals surface area contributed by atoms with E-state index in [1.807, 2.05) is 0 Å². The molecule has 0 unspecified atom stereocenters. The van der Waals surface area contributed by atoms with Crippen LogP contribution in [0, 0.1) is 0 Å². The average Bonchev–Trinajstić information content (AvgIpc) is 2.87. The van der Waals surface area contributed by atoms with E-state index in [0.29, 0.717) is 23.0 Å². The van der Waals surface area contributed by atoms with E-state index in [9.17, 15) is 30.6 Å². The molecule has 2 aliphatic rings. The zero-order valence-electron chi connectivity index (χ0n) is 19.4. The number of benzene rings is 2. The Labute approximate surface area is 205 Å². The highest BCUT2D eigenvalue weighted by Gasteiger charge is 2.32. The Morgan fingerprint density at radius 2 is 0.694 bits per heavy atom. The monoisotopic (exact) mass is 508 g/mol. The number of hydrogen-bond acceptors (Lipinski definition) is 12. The van der Waals surface area contributed by atoms with Crippen LogP contribution in [-0.2, 0) is 44.6 Å². The second kappa shape index (κ2) is 11.6. The van der Waals surface area contributed by atoms with Crippen LogP contribution < -0.4 is 9.47 Å². The van der Waals surface area contributed by atoms with E-state index in [2.05, 4.69) is 0 Å². The first-order chi connectivity index (χ1) is 17.6. The van der Waals surface area contributed by atoms with Crippen LogP contribution in [0.1, 0.15) is 22.3 Å². The maximum Gasteiger partial charge on any atom is 0.186 e. The molecule has 0 aromatic heterocycles. The molecule has 12 heteroatoms. The van der Waals surface area contributed by atoms with E-state index in [1.54, 1.807) is 12.1 Å². The molecule has 36 heavy (non-hydrogen) atoms. The number of fused-ring (bicyclic) bond motifs is 6. The summed E-state index contributed by atoms with van der Waals surface area (Å²) in [5.74, 6) is 1.83. The van der Waals surface area contributed by atoms with Gasteiger partial charge in [0.05, 0.1) is 0 Å². The van der Waals surface area contributed by atoms with Crippen LogP contribution >= 0.6 is 0 Å². The summed E-state index contributed by atoms with van der Waals surface area (Å²) in [5, 5.41) is 57.8. The topological polar surface area (TPSA) is 177 Å². The molecule has 0 atom stereocenters. The minimum atomic E-state index is -0.618. The molecule has 0 spiro atoms. The van der Waals surface area contributed by atoms with Gasteiger partial charge >= 0.3 is 0 Å². The maximum atomic E-state index is 9.40. The third-order valence-corrected chi connectivity index (χ3v) is 6.19. The first kappa shape index (κ1) is 25.8. The summed E-state index contributed by atoms with van der Waals surface area (Å²) in [4.78, 5) is 0. The van der Waals surface area contributed by atoms with Gasteiger partial charge in [-0.05, 0) is 45.2 Å². The van der Waals surface area contributed by atoms with E-state index in [0.717, 1.165) is 33.0 Å². The predicted molar refractivity (Wildman–Crippen MR) is 121 cm³/mol. The van der Waals surface area contributed by atoms with Crippen LogP contribution in [0.25, 0.3) is 10.8 Å². The molecule has 0 radical (unpaired) electrons. The molecule has 2 aromatic rings. The lowest BCUT2D eigenvalue weighted by Gasteiger charge is -2.31. The highest BCUT2D eigenvalue weighted by Crippen LogP contribution is 2.45. The number of rotatable bonds is 12. The van der Waals surface area contributed by atoms with E-state index in [1.165, 1.54) is 0 Å². The molecule has 0 heterocycles. The Morgan fingerprint density at radius 3 is 0.972 bits per heavy atom. The molecule has 2 aliphatic carbocycles. The van der Waals surface area contributed by atoms with E-state index >= 15 is 0 Å². The Balaban J connectivity index is 1.99. The number of allylic oxidation sites excluding steroid dienone is 4. The van der Waals surface area contributed by atoms with Gasteiger partial charge < -0.3 is 59.1 Å². The first-order valence-electron chi connectivity index (χ1n) is 11.1. The molecule has 196 valence electrons. The molecule has 0 bridgehead atoms. The summed E-state index contributed by atoms with van der Waals surface area (Å²) < 4.78 is 32.3. The summed E-state index contributed by atoms with van der Waals surface area (Å²) in [7, 11) is 0. The first-order valence-corrected chi connectivity index (χ1v) is 11.1. The minimum Gasteiger partial charge on any atom is -0.468 e. The summed E-state index contributed by atoms with van der Waals surface area (Å²) in [6.07, 6.45) is 0.899. The second-order valence-corrected chi connectivity index (χ2v) is 7.80. The van der Waals surface area contributed by atoms with Gasteiger partial charge in [0.2, 0.25) is 0 Å². The molecule has 0 fully saturated rings. The molecule has 6 N–H and O–H groups in total. The summed E-state index contributed by atoms with van der Waals surface area (Å²) in [5.41, 5.74) is 3.37. The smallest absolute Gasteiger partial charge is 0.186 e. The van der Waals surface area contributed by atoms with Crippen LogP contribution in [0.2, 0.25) is 0 Å². The van der Waals surface area contributed by atoms with E-state index < -0.39 is 40.8 Å². The van der Waals surface area contributed by atoms with Crippen molar-refractivity contribution in [2.24, 2.45) is 0 Å². The molecule has 0 aliphatic heterocycles. The van der Waals surface area contributed by atoms with E-state index in [4.69, 9.17) is 28.4 Å². The van der Waals surface area contributed by atoms with Gasteiger partial charge in [-0.3, -0.25) is 0 Å². The average molecular weight is 508 g/mol. The normalized spacial score (nSPS) is 14.9. The second-order valence-electron chi connectivity index (χ2n) is 7.80. The largest absolute Gasteiger partial charge is 0.468 e. The quantitative estimate of drug-likeness (QED) is 0.212. The fraction of sp³-hybridized carbons (Fsp3) is 0.417. The zero-order valence-corrected chi connectivity index (χ0v) is 19.4. The van der Waals surface area contributed by atoms with Crippen LogP contribution in [0.5, 0.6) is 11.5 Å². The molecule has 0 amide bonds. The van der Waals surface area contributed by atoms with Gasteiger partial charge in [0.1, 0.15) is 23.0 Å². The molecule has 0 saturated heterocycles. The predicted octanol–water partition coefficient (Wildman–Crippen LogP) is -0.0170. The highest BCUT2D eigenvalue weighted by molar-refractivity contribution is 5.95. The summed E-state index contributed by atoms with van der Waals surface area (Å²) >= 11 is 0. The third kappa shape index (κ3) is 4.87. The minimum absolute atomic E-state index is 0.203. The van der Waals surface area contributed by atoms with Gasteiger partial charge in [-0.25, -0.2) is 0 Å². The molecule has 2 aromatic carbocycles. The van der Waals surface area contributed by atoms with Gasteiger partial charge in [0.15, 0.2) is 52.3 Å². The van der Waals surface area contributed by atoms with Crippen LogP contribution in [0.4, 0.5) is 0 Å². The van der Waals surface area contributed by atoms with Crippen LogP contribution in [0.15, 0.2) is 35.2 Å².